The van der Waals surface area contributed by atoms with Crippen LogP contribution in [0.25, 0.3) is 0 Å². The minimum atomic E-state index is -0.626. The summed E-state index contributed by atoms with van der Waals surface area (Å²) in [5.41, 5.74) is 2.56. The first kappa shape index (κ1) is 18.7. The molecule has 0 atom stereocenters. The molecule has 0 radical (unpaired) electrons. The molecule has 26 heavy (non-hydrogen) atoms. The second-order valence-electron chi connectivity index (χ2n) is 6.31. The molecule has 0 saturated carbocycles. The molecule has 1 aliphatic heterocycles. The standard InChI is InChI=1S/C19H17Cl2FN2O2/c1-11-7-15(22)8-12(2)17(11)24-6-5-23(18(25)19(24)26)10-13-3-4-14(20)9-16(13)21/h3-4,7-9H,5-6,10H2,1-2H3. The monoisotopic (exact) mass is 394 g/mol. The molecule has 0 aliphatic carbocycles. The van der Waals surface area contributed by atoms with Crippen molar-refractivity contribution < 1.29 is 14.0 Å². The van der Waals surface area contributed by atoms with Gasteiger partial charge in [-0.25, -0.2) is 4.39 Å². The Balaban J connectivity index is 1.82. The number of aryl methyl sites for hydroxylation is 2. The number of carbonyl (C=O) groups is 2. The number of halogens is 3. The van der Waals surface area contributed by atoms with E-state index in [4.69, 9.17) is 23.2 Å². The van der Waals surface area contributed by atoms with E-state index in [1.165, 1.54) is 21.9 Å². The van der Waals surface area contributed by atoms with Gasteiger partial charge >= 0.3 is 11.8 Å². The van der Waals surface area contributed by atoms with Gasteiger partial charge in [0, 0.05) is 29.7 Å². The largest absolute Gasteiger partial charge is 0.328 e. The first-order valence-electron chi connectivity index (χ1n) is 8.09. The SMILES string of the molecule is Cc1cc(F)cc(C)c1N1CCN(Cc2ccc(Cl)cc2Cl)C(=O)C1=O. The lowest BCUT2D eigenvalue weighted by Gasteiger charge is -2.35. The average molecular weight is 395 g/mol. The van der Waals surface area contributed by atoms with Gasteiger partial charge in [0.2, 0.25) is 0 Å². The highest BCUT2D eigenvalue weighted by Crippen LogP contribution is 2.29. The Bertz CT molecular complexity index is 878. The highest BCUT2D eigenvalue weighted by Gasteiger charge is 2.34. The van der Waals surface area contributed by atoms with E-state index in [9.17, 15) is 14.0 Å². The van der Waals surface area contributed by atoms with Gasteiger partial charge < -0.3 is 9.80 Å². The van der Waals surface area contributed by atoms with Crippen LogP contribution in [-0.2, 0) is 16.1 Å². The summed E-state index contributed by atoms with van der Waals surface area (Å²) in [6.07, 6.45) is 0. The number of amides is 2. The molecule has 2 aromatic rings. The lowest BCUT2D eigenvalue weighted by molar-refractivity contribution is -0.146. The Kier molecular flexibility index (Phi) is 5.21. The summed E-state index contributed by atoms with van der Waals surface area (Å²) in [6, 6.07) is 7.76. The minimum Gasteiger partial charge on any atom is -0.328 e. The molecule has 3 rings (SSSR count). The highest BCUT2D eigenvalue weighted by molar-refractivity contribution is 6.41. The molecule has 0 bridgehead atoms. The molecular formula is C19H17Cl2FN2O2. The van der Waals surface area contributed by atoms with Gasteiger partial charge in [0.1, 0.15) is 5.82 Å². The van der Waals surface area contributed by atoms with Gasteiger partial charge in [0.05, 0.1) is 5.69 Å². The van der Waals surface area contributed by atoms with Gasteiger partial charge in [-0.3, -0.25) is 9.59 Å². The number of piperazine rings is 1. The van der Waals surface area contributed by atoms with Gasteiger partial charge in [-0.05, 0) is 54.8 Å². The topological polar surface area (TPSA) is 40.6 Å². The maximum absolute atomic E-state index is 13.5. The van der Waals surface area contributed by atoms with Crippen LogP contribution in [0.5, 0.6) is 0 Å². The van der Waals surface area contributed by atoms with E-state index >= 15 is 0 Å². The highest BCUT2D eigenvalue weighted by atomic mass is 35.5. The summed E-state index contributed by atoms with van der Waals surface area (Å²) in [7, 11) is 0. The molecule has 1 heterocycles. The Morgan fingerprint density at radius 1 is 1.00 bits per heavy atom. The maximum atomic E-state index is 13.5. The number of hydrogen-bond donors (Lipinski definition) is 0. The van der Waals surface area contributed by atoms with E-state index < -0.39 is 11.8 Å². The third-order valence-electron chi connectivity index (χ3n) is 4.41. The van der Waals surface area contributed by atoms with Crippen molar-refractivity contribution in [2.45, 2.75) is 20.4 Å². The Morgan fingerprint density at radius 2 is 1.65 bits per heavy atom. The molecule has 7 heteroatoms. The number of hydrogen-bond acceptors (Lipinski definition) is 2. The normalized spacial score (nSPS) is 15.0. The molecule has 136 valence electrons. The van der Waals surface area contributed by atoms with Crippen LogP contribution in [0, 0.1) is 19.7 Å². The Hall–Kier alpha value is -2.11. The van der Waals surface area contributed by atoms with Gasteiger partial charge in [-0.2, -0.15) is 0 Å². The molecule has 0 spiro atoms. The van der Waals surface area contributed by atoms with Crippen molar-refractivity contribution in [3.05, 3.63) is 62.9 Å². The molecule has 0 N–H and O–H groups in total. The number of rotatable bonds is 3. The molecule has 0 unspecified atom stereocenters. The molecule has 4 nitrogen and oxygen atoms in total. The van der Waals surface area contributed by atoms with Crippen molar-refractivity contribution >= 4 is 40.7 Å². The Morgan fingerprint density at radius 3 is 2.27 bits per heavy atom. The van der Waals surface area contributed by atoms with E-state index in [1.807, 2.05) is 0 Å². The fourth-order valence-corrected chi connectivity index (χ4v) is 3.69. The number of benzene rings is 2. The fourth-order valence-electron chi connectivity index (χ4n) is 3.22. The van der Waals surface area contributed by atoms with Gasteiger partial charge in [-0.15, -0.1) is 0 Å². The summed E-state index contributed by atoms with van der Waals surface area (Å²) in [4.78, 5) is 28.1. The summed E-state index contributed by atoms with van der Waals surface area (Å²) < 4.78 is 13.5. The van der Waals surface area contributed by atoms with Gasteiger partial charge in [-0.1, -0.05) is 29.3 Å². The third-order valence-corrected chi connectivity index (χ3v) is 5.00. The van der Waals surface area contributed by atoms with Crippen LogP contribution in [0.2, 0.25) is 10.0 Å². The van der Waals surface area contributed by atoms with E-state index in [1.54, 1.807) is 32.0 Å². The maximum Gasteiger partial charge on any atom is 0.316 e. The Labute approximate surface area is 161 Å². The summed E-state index contributed by atoms with van der Waals surface area (Å²) in [6.45, 7) is 4.38. The van der Waals surface area contributed by atoms with Crippen LogP contribution in [0.15, 0.2) is 30.3 Å². The van der Waals surface area contributed by atoms with Crippen LogP contribution in [-0.4, -0.2) is 29.8 Å². The van der Waals surface area contributed by atoms with E-state index in [2.05, 4.69) is 0 Å². The van der Waals surface area contributed by atoms with Crippen molar-refractivity contribution in [1.82, 2.24) is 4.90 Å². The molecule has 2 aromatic carbocycles. The van der Waals surface area contributed by atoms with Crippen LogP contribution >= 0.6 is 23.2 Å². The van der Waals surface area contributed by atoms with Crippen molar-refractivity contribution in [2.75, 3.05) is 18.0 Å². The molecule has 1 saturated heterocycles. The van der Waals surface area contributed by atoms with Gasteiger partial charge in [0.25, 0.3) is 0 Å². The molecule has 2 amide bonds. The zero-order valence-corrected chi connectivity index (χ0v) is 15.9. The van der Waals surface area contributed by atoms with Crippen LogP contribution in [0.4, 0.5) is 10.1 Å². The van der Waals surface area contributed by atoms with E-state index in [0.29, 0.717) is 39.9 Å². The van der Waals surface area contributed by atoms with Crippen LogP contribution < -0.4 is 4.90 Å². The van der Waals surface area contributed by atoms with Crippen LogP contribution in [0.3, 0.4) is 0 Å². The second-order valence-corrected chi connectivity index (χ2v) is 7.15. The summed E-state index contributed by atoms with van der Waals surface area (Å²) in [5.74, 6) is -1.59. The minimum absolute atomic E-state index is 0.232. The molecular weight excluding hydrogens is 378 g/mol. The zero-order valence-electron chi connectivity index (χ0n) is 14.4. The lowest BCUT2D eigenvalue weighted by atomic mass is 10.1. The van der Waals surface area contributed by atoms with E-state index in [0.717, 1.165) is 5.56 Å². The lowest BCUT2D eigenvalue weighted by Crippen LogP contribution is -2.54. The van der Waals surface area contributed by atoms with Crippen molar-refractivity contribution in [3.63, 3.8) is 0 Å². The number of nitrogens with zero attached hydrogens (tertiary/aromatic N) is 2. The molecule has 1 fully saturated rings. The summed E-state index contributed by atoms with van der Waals surface area (Å²) >= 11 is 12.0. The average Bonchev–Trinajstić information content (AvgIpc) is 2.55. The quantitative estimate of drug-likeness (QED) is 0.734. The predicted octanol–water partition coefficient (Wildman–Crippen LogP) is 4.12. The smallest absolute Gasteiger partial charge is 0.316 e. The fraction of sp³-hybridized carbons (Fsp3) is 0.263. The van der Waals surface area contributed by atoms with Gasteiger partial charge in [0.15, 0.2) is 0 Å². The van der Waals surface area contributed by atoms with E-state index in [-0.39, 0.29) is 12.4 Å². The van der Waals surface area contributed by atoms with Crippen molar-refractivity contribution in [1.29, 1.82) is 0 Å². The first-order valence-corrected chi connectivity index (χ1v) is 8.85. The van der Waals surface area contributed by atoms with Crippen LogP contribution in [0.1, 0.15) is 16.7 Å². The first-order chi connectivity index (χ1) is 12.3. The molecule has 0 aromatic heterocycles. The third kappa shape index (κ3) is 3.55. The molecule has 1 aliphatic rings. The predicted molar refractivity (Wildman–Crippen MR) is 100 cm³/mol. The zero-order chi connectivity index (χ0) is 19.0. The number of carbonyl (C=O) groups excluding carboxylic acids is 2. The second kappa shape index (κ2) is 7.25. The summed E-state index contributed by atoms with van der Waals surface area (Å²) in [5, 5.41) is 0.957. The van der Waals surface area contributed by atoms with Crippen molar-refractivity contribution in [3.8, 4) is 0 Å². The number of anilines is 1. The van der Waals surface area contributed by atoms with Crippen molar-refractivity contribution in [2.24, 2.45) is 0 Å².